The smallest absolute Gasteiger partial charge is 0.306 e. The van der Waals surface area contributed by atoms with Gasteiger partial charge in [-0.3, -0.25) is 9.59 Å². The monoisotopic (exact) mass is 852 g/mol. The second-order valence-electron chi connectivity index (χ2n) is 18.6. The van der Waals surface area contributed by atoms with Gasteiger partial charge in [0, 0.05) is 52.3 Å². The quantitative estimate of drug-likeness (QED) is 0.0446. The molecule has 0 aliphatic carbocycles. The molecule has 0 bridgehead atoms. The van der Waals surface area contributed by atoms with Gasteiger partial charge in [0.05, 0.1) is 6.61 Å². The van der Waals surface area contributed by atoms with Crippen molar-refractivity contribution in [2.24, 2.45) is 5.92 Å². The molecule has 7 heteroatoms. The van der Waals surface area contributed by atoms with Crippen LogP contribution < -0.4 is 0 Å². The van der Waals surface area contributed by atoms with Crippen LogP contribution in [0.3, 0.4) is 0 Å². The lowest BCUT2D eigenvalue weighted by Crippen LogP contribution is -2.34. The van der Waals surface area contributed by atoms with Crippen LogP contribution in [0, 0.1) is 5.92 Å². The first kappa shape index (κ1) is 58.8. The van der Waals surface area contributed by atoms with Crippen LogP contribution in [0.15, 0.2) is 0 Å². The van der Waals surface area contributed by atoms with Gasteiger partial charge in [0.25, 0.3) is 0 Å². The van der Waals surface area contributed by atoms with Gasteiger partial charge in [-0.15, -0.1) is 0 Å². The van der Waals surface area contributed by atoms with E-state index in [0.717, 1.165) is 84.4 Å². The molecule has 0 rings (SSSR count). The molecule has 0 saturated heterocycles. The highest BCUT2D eigenvalue weighted by Crippen LogP contribution is 2.15. The molecule has 7 nitrogen and oxygen atoms in total. The predicted molar refractivity (Wildman–Crippen MR) is 257 cm³/mol. The number of unbranched alkanes of at least 4 members (excludes halogenated alkanes) is 27. The standard InChI is InChI=1S/C53H105NO6/c1-7-10-13-16-19-22-25-28-31-34-37-52(55)59-50(5)39-42-54(43-40-51(6)60-53(56)38-35-32-29-26-23-20-17-14-11-8-2)44-47-58-48-49(4)41-46-57-45-36-33-30-27-24-21-18-15-12-9-3/h49-51H,7-48H2,1-6H3. The number of carbonyl (C=O) groups is 2. The minimum atomic E-state index is -0.124. The van der Waals surface area contributed by atoms with Crippen LogP contribution in [0.5, 0.6) is 0 Å². The van der Waals surface area contributed by atoms with Crippen molar-refractivity contribution in [1.29, 1.82) is 0 Å². The number of hydrogen-bond acceptors (Lipinski definition) is 7. The van der Waals surface area contributed by atoms with Crippen LogP contribution >= 0.6 is 0 Å². The van der Waals surface area contributed by atoms with E-state index in [-0.39, 0.29) is 24.1 Å². The molecule has 3 atom stereocenters. The predicted octanol–water partition coefficient (Wildman–Crippen LogP) is 15.5. The van der Waals surface area contributed by atoms with E-state index in [1.54, 1.807) is 0 Å². The Labute approximate surface area is 374 Å². The molecule has 0 aliphatic rings. The Morgan fingerprint density at radius 2 is 0.733 bits per heavy atom. The molecule has 358 valence electrons. The van der Waals surface area contributed by atoms with Crippen molar-refractivity contribution in [3.8, 4) is 0 Å². The fourth-order valence-electron chi connectivity index (χ4n) is 7.90. The summed E-state index contributed by atoms with van der Waals surface area (Å²) >= 11 is 0. The van der Waals surface area contributed by atoms with Crippen molar-refractivity contribution in [3.63, 3.8) is 0 Å². The van der Waals surface area contributed by atoms with Gasteiger partial charge in [0.15, 0.2) is 0 Å². The molecule has 3 unspecified atom stereocenters. The lowest BCUT2D eigenvalue weighted by atomic mass is 10.1. The molecule has 0 spiro atoms. The number of nitrogens with zero attached hydrogens (tertiary/aromatic N) is 1. The first-order chi connectivity index (χ1) is 29.3. The second-order valence-corrected chi connectivity index (χ2v) is 18.6. The normalized spacial score (nSPS) is 13.2. The van der Waals surface area contributed by atoms with E-state index in [4.69, 9.17) is 18.9 Å². The third kappa shape index (κ3) is 44.9. The molecular weight excluding hydrogens is 747 g/mol. The van der Waals surface area contributed by atoms with Crippen molar-refractivity contribution >= 4 is 11.9 Å². The van der Waals surface area contributed by atoms with Crippen molar-refractivity contribution in [2.75, 3.05) is 46.1 Å². The van der Waals surface area contributed by atoms with Gasteiger partial charge in [0.2, 0.25) is 0 Å². The maximum atomic E-state index is 12.6. The molecule has 0 N–H and O–H groups in total. The van der Waals surface area contributed by atoms with Gasteiger partial charge in [-0.2, -0.15) is 0 Å². The van der Waals surface area contributed by atoms with Gasteiger partial charge < -0.3 is 23.8 Å². The number of hydrogen-bond donors (Lipinski definition) is 0. The SMILES string of the molecule is CCCCCCCCCCCCOCCC(C)COCCN(CCC(C)OC(=O)CCCCCCCCCCCC)CCC(C)OC(=O)CCCCCCCCCCCC. The Bertz CT molecular complexity index is 837. The van der Waals surface area contributed by atoms with Crippen molar-refractivity contribution in [3.05, 3.63) is 0 Å². The summed E-state index contributed by atoms with van der Waals surface area (Å²) in [6.45, 7) is 18.6. The minimum absolute atomic E-state index is 0.0682. The molecule has 60 heavy (non-hydrogen) atoms. The fraction of sp³-hybridized carbons (Fsp3) is 0.962. The summed E-state index contributed by atoms with van der Waals surface area (Å²) in [7, 11) is 0. The largest absolute Gasteiger partial charge is 0.463 e. The number of rotatable bonds is 49. The lowest BCUT2D eigenvalue weighted by Gasteiger charge is -2.25. The zero-order valence-corrected chi connectivity index (χ0v) is 41.3. The third-order valence-electron chi connectivity index (χ3n) is 12.2. The average molecular weight is 852 g/mol. The Hall–Kier alpha value is -1.18. The molecule has 0 aromatic carbocycles. The van der Waals surface area contributed by atoms with E-state index >= 15 is 0 Å². The lowest BCUT2D eigenvalue weighted by molar-refractivity contribution is -0.149. The topological polar surface area (TPSA) is 74.3 Å². The Morgan fingerprint density at radius 3 is 1.12 bits per heavy atom. The first-order valence-electron chi connectivity index (χ1n) is 26.6. The van der Waals surface area contributed by atoms with Gasteiger partial charge in [-0.1, -0.05) is 201 Å². The summed E-state index contributed by atoms with van der Waals surface area (Å²) < 4.78 is 23.8. The van der Waals surface area contributed by atoms with E-state index < -0.39 is 0 Å². The van der Waals surface area contributed by atoms with E-state index in [1.807, 2.05) is 13.8 Å². The highest BCUT2D eigenvalue weighted by molar-refractivity contribution is 5.69. The molecular formula is C53H105NO6. The van der Waals surface area contributed by atoms with Gasteiger partial charge >= 0.3 is 11.9 Å². The maximum Gasteiger partial charge on any atom is 0.306 e. The van der Waals surface area contributed by atoms with E-state index in [1.165, 1.54) is 167 Å². The van der Waals surface area contributed by atoms with Crippen LogP contribution in [0.4, 0.5) is 0 Å². The van der Waals surface area contributed by atoms with Crippen LogP contribution in [0.1, 0.15) is 266 Å². The molecule has 0 heterocycles. The molecule has 0 amide bonds. The minimum Gasteiger partial charge on any atom is -0.463 e. The van der Waals surface area contributed by atoms with Gasteiger partial charge in [-0.25, -0.2) is 0 Å². The maximum absolute atomic E-state index is 12.6. The third-order valence-corrected chi connectivity index (χ3v) is 12.2. The summed E-state index contributed by atoms with van der Waals surface area (Å²) in [5.74, 6) is 0.318. The summed E-state index contributed by atoms with van der Waals surface area (Å²) in [5, 5.41) is 0. The number of carbonyl (C=O) groups excluding carboxylic acids is 2. The highest BCUT2D eigenvalue weighted by atomic mass is 16.5. The summed E-state index contributed by atoms with van der Waals surface area (Å²) in [6, 6.07) is 0. The average Bonchev–Trinajstić information content (AvgIpc) is 3.23. The molecule has 0 fully saturated rings. The molecule has 0 saturated carbocycles. The molecule has 0 aliphatic heterocycles. The second kappa shape index (κ2) is 47.3. The molecule has 0 aromatic heterocycles. The zero-order valence-electron chi connectivity index (χ0n) is 41.3. The molecule has 0 radical (unpaired) electrons. The number of ether oxygens (including phenoxy) is 4. The highest BCUT2D eigenvalue weighted by Gasteiger charge is 2.16. The van der Waals surface area contributed by atoms with Gasteiger partial charge in [0.1, 0.15) is 12.2 Å². The van der Waals surface area contributed by atoms with Gasteiger partial charge in [-0.05, 0) is 58.3 Å². The fourth-order valence-corrected chi connectivity index (χ4v) is 7.90. The van der Waals surface area contributed by atoms with E-state index in [9.17, 15) is 9.59 Å². The van der Waals surface area contributed by atoms with Crippen LogP contribution in [-0.2, 0) is 28.5 Å². The van der Waals surface area contributed by atoms with Crippen molar-refractivity contribution in [2.45, 2.75) is 278 Å². The summed E-state index contributed by atoms with van der Waals surface area (Å²) in [6.07, 6.45) is 42.0. The summed E-state index contributed by atoms with van der Waals surface area (Å²) in [4.78, 5) is 27.6. The molecule has 0 aromatic rings. The zero-order chi connectivity index (χ0) is 44.0. The van der Waals surface area contributed by atoms with Crippen LogP contribution in [-0.4, -0.2) is 75.1 Å². The first-order valence-corrected chi connectivity index (χ1v) is 26.6. The van der Waals surface area contributed by atoms with Crippen LogP contribution in [0.2, 0.25) is 0 Å². The van der Waals surface area contributed by atoms with Crippen molar-refractivity contribution < 1.29 is 28.5 Å². The Kier molecular flexibility index (Phi) is 46.4. The van der Waals surface area contributed by atoms with Crippen molar-refractivity contribution in [1.82, 2.24) is 4.90 Å². The van der Waals surface area contributed by atoms with E-state index in [0.29, 0.717) is 25.4 Å². The number of esters is 2. The Balaban J connectivity index is 4.47. The van der Waals surface area contributed by atoms with E-state index in [2.05, 4.69) is 32.6 Å². The Morgan fingerprint density at radius 1 is 0.383 bits per heavy atom. The van der Waals surface area contributed by atoms with Crippen LogP contribution in [0.25, 0.3) is 0 Å². The summed E-state index contributed by atoms with van der Waals surface area (Å²) in [5.41, 5.74) is 0.